The Hall–Kier alpha value is -2.31. The fourth-order valence-electron chi connectivity index (χ4n) is 3.64. The predicted molar refractivity (Wildman–Crippen MR) is 89.3 cm³/mol. The van der Waals surface area contributed by atoms with Crippen molar-refractivity contribution < 1.29 is 23.9 Å². The van der Waals surface area contributed by atoms with Gasteiger partial charge in [0.2, 0.25) is 5.91 Å². The van der Waals surface area contributed by atoms with Gasteiger partial charge in [0.25, 0.3) is 5.91 Å². The van der Waals surface area contributed by atoms with E-state index < -0.39 is 5.97 Å². The number of piperazine rings is 1. The number of aromatic carboxylic acids is 1. The summed E-state index contributed by atoms with van der Waals surface area (Å²) >= 11 is 0. The monoisotopic (exact) mass is 348 g/mol. The van der Waals surface area contributed by atoms with Gasteiger partial charge in [-0.3, -0.25) is 9.59 Å². The minimum absolute atomic E-state index is 0.0272. The van der Waals surface area contributed by atoms with Gasteiger partial charge >= 0.3 is 5.97 Å². The zero-order valence-electron chi connectivity index (χ0n) is 14.3. The number of carboxylic acids is 1. The summed E-state index contributed by atoms with van der Waals surface area (Å²) in [4.78, 5) is 39.1. The average Bonchev–Trinajstić information content (AvgIpc) is 3.12. The first-order valence-electron chi connectivity index (χ1n) is 8.93. The van der Waals surface area contributed by atoms with E-state index in [-0.39, 0.29) is 23.1 Å². The standard InChI is InChI=1S/C18H24N2O5/c21-16(10-13-4-2-1-3-5-13)19-6-8-20(9-7-19)17(22)15-11-14(12-25-15)18(23)24/h11-13H,1-10H2,(H,23,24). The molecule has 0 unspecified atom stereocenters. The molecular formula is C18H24N2O5. The van der Waals surface area contributed by atoms with Gasteiger partial charge in [0.1, 0.15) is 6.26 Å². The number of carbonyl (C=O) groups excluding carboxylic acids is 2. The summed E-state index contributed by atoms with van der Waals surface area (Å²) < 4.78 is 5.06. The smallest absolute Gasteiger partial charge is 0.338 e. The maximum absolute atomic E-state index is 12.4. The third-order valence-corrected chi connectivity index (χ3v) is 5.16. The molecule has 1 saturated carbocycles. The quantitative estimate of drug-likeness (QED) is 0.901. The Morgan fingerprint density at radius 2 is 1.68 bits per heavy atom. The van der Waals surface area contributed by atoms with E-state index in [1.165, 1.54) is 25.3 Å². The fourth-order valence-corrected chi connectivity index (χ4v) is 3.64. The zero-order chi connectivity index (χ0) is 17.8. The molecule has 0 bridgehead atoms. The Kier molecular flexibility index (Phi) is 5.40. The molecule has 25 heavy (non-hydrogen) atoms. The molecule has 1 aliphatic carbocycles. The van der Waals surface area contributed by atoms with E-state index in [4.69, 9.17) is 9.52 Å². The number of furan rings is 1. The molecule has 2 amide bonds. The largest absolute Gasteiger partial charge is 0.478 e. The third kappa shape index (κ3) is 4.21. The normalized spacial score (nSPS) is 19.0. The number of nitrogens with zero attached hydrogens (tertiary/aromatic N) is 2. The highest BCUT2D eigenvalue weighted by atomic mass is 16.4. The summed E-state index contributed by atoms with van der Waals surface area (Å²) in [5.74, 6) is -0.726. The van der Waals surface area contributed by atoms with Gasteiger partial charge in [0, 0.05) is 38.7 Å². The van der Waals surface area contributed by atoms with E-state index in [1.54, 1.807) is 4.90 Å². The second kappa shape index (κ2) is 7.72. The molecule has 1 aliphatic heterocycles. The van der Waals surface area contributed by atoms with Gasteiger partial charge in [-0.2, -0.15) is 0 Å². The minimum Gasteiger partial charge on any atom is -0.478 e. The first-order chi connectivity index (χ1) is 12.0. The number of carboxylic acid groups (broad SMARTS) is 1. The second-order valence-electron chi connectivity index (χ2n) is 6.89. The fraction of sp³-hybridized carbons (Fsp3) is 0.611. The van der Waals surface area contributed by atoms with Crippen LogP contribution in [0.5, 0.6) is 0 Å². The molecule has 3 rings (SSSR count). The summed E-state index contributed by atoms with van der Waals surface area (Å²) in [6, 6.07) is 1.24. The Morgan fingerprint density at radius 3 is 2.28 bits per heavy atom. The first-order valence-corrected chi connectivity index (χ1v) is 8.93. The van der Waals surface area contributed by atoms with Crippen molar-refractivity contribution in [2.24, 2.45) is 5.92 Å². The Balaban J connectivity index is 1.49. The van der Waals surface area contributed by atoms with Crippen molar-refractivity contribution in [3.8, 4) is 0 Å². The van der Waals surface area contributed by atoms with E-state index in [0.717, 1.165) is 19.1 Å². The van der Waals surface area contributed by atoms with Crippen molar-refractivity contribution in [1.29, 1.82) is 0 Å². The van der Waals surface area contributed by atoms with E-state index in [1.807, 2.05) is 4.90 Å². The summed E-state index contributed by atoms with van der Waals surface area (Å²) in [6.07, 6.45) is 7.71. The van der Waals surface area contributed by atoms with Gasteiger partial charge in [0.15, 0.2) is 5.76 Å². The summed E-state index contributed by atoms with van der Waals surface area (Å²) in [5.41, 5.74) is -0.0374. The summed E-state index contributed by atoms with van der Waals surface area (Å²) in [5, 5.41) is 8.89. The SMILES string of the molecule is O=C(O)c1coc(C(=O)N2CCN(C(=O)CC3CCCCC3)CC2)c1. The van der Waals surface area contributed by atoms with E-state index in [9.17, 15) is 14.4 Å². The highest BCUT2D eigenvalue weighted by Gasteiger charge is 2.28. The molecule has 0 radical (unpaired) electrons. The van der Waals surface area contributed by atoms with Crippen LogP contribution in [0.25, 0.3) is 0 Å². The highest BCUT2D eigenvalue weighted by Crippen LogP contribution is 2.27. The maximum Gasteiger partial charge on any atom is 0.338 e. The van der Waals surface area contributed by atoms with Crippen LogP contribution < -0.4 is 0 Å². The van der Waals surface area contributed by atoms with E-state index in [0.29, 0.717) is 38.5 Å². The molecule has 1 saturated heterocycles. The van der Waals surface area contributed by atoms with Crippen LogP contribution >= 0.6 is 0 Å². The molecule has 0 aromatic carbocycles. The second-order valence-corrected chi connectivity index (χ2v) is 6.89. The average molecular weight is 348 g/mol. The van der Waals surface area contributed by atoms with Gasteiger partial charge in [-0.15, -0.1) is 0 Å². The molecule has 7 nitrogen and oxygen atoms in total. The number of hydrogen-bond acceptors (Lipinski definition) is 4. The van der Waals surface area contributed by atoms with Gasteiger partial charge in [-0.05, 0) is 18.8 Å². The molecule has 2 aliphatic rings. The van der Waals surface area contributed by atoms with Gasteiger partial charge in [0.05, 0.1) is 5.56 Å². The Morgan fingerprint density at radius 1 is 1.04 bits per heavy atom. The van der Waals surface area contributed by atoms with Crippen molar-refractivity contribution in [3.63, 3.8) is 0 Å². The minimum atomic E-state index is -1.12. The molecular weight excluding hydrogens is 324 g/mol. The zero-order valence-corrected chi connectivity index (χ0v) is 14.3. The lowest BCUT2D eigenvalue weighted by Crippen LogP contribution is -2.50. The molecule has 1 N–H and O–H groups in total. The predicted octanol–water partition coefficient (Wildman–Crippen LogP) is 2.23. The highest BCUT2D eigenvalue weighted by molar-refractivity contribution is 5.95. The molecule has 0 atom stereocenters. The number of rotatable bonds is 4. The Bertz CT molecular complexity index is 640. The van der Waals surface area contributed by atoms with Crippen molar-refractivity contribution >= 4 is 17.8 Å². The Labute approximate surface area is 146 Å². The third-order valence-electron chi connectivity index (χ3n) is 5.16. The van der Waals surface area contributed by atoms with Crippen LogP contribution in [-0.2, 0) is 4.79 Å². The van der Waals surface area contributed by atoms with Crippen LogP contribution in [0.4, 0.5) is 0 Å². The van der Waals surface area contributed by atoms with Crippen LogP contribution in [0.15, 0.2) is 16.7 Å². The van der Waals surface area contributed by atoms with Gasteiger partial charge in [-0.1, -0.05) is 19.3 Å². The van der Waals surface area contributed by atoms with E-state index >= 15 is 0 Å². The first kappa shape index (κ1) is 17.5. The number of amides is 2. The van der Waals surface area contributed by atoms with Crippen LogP contribution in [0, 0.1) is 5.92 Å². The van der Waals surface area contributed by atoms with Crippen molar-refractivity contribution in [1.82, 2.24) is 9.80 Å². The molecule has 1 aromatic heterocycles. The molecule has 2 heterocycles. The molecule has 1 aromatic rings. The van der Waals surface area contributed by atoms with Crippen LogP contribution in [0.2, 0.25) is 0 Å². The number of hydrogen-bond donors (Lipinski definition) is 1. The molecule has 7 heteroatoms. The van der Waals surface area contributed by atoms with Crippen LogP contribution in [-0.4, -0.2) is 58.9 Å². The summed E-state index contributed by atoms with van der Waals surface area (Å²) in [6.45, 7) is 1.92. The topological polar surface area (TPSA) is 91.1 Å². The van der Waals surface area contributed by atoms with Crippen molar-refractivity contribution in [2.75, 3.05) is 26.2 Å². The molecule has 136 valence electrons. The molecule has 0 spiro atoms. The molecule has 2 fully saturated rings. The summed E-state index contributed by atoms with van der Waals surface area (Å²) in [7, 11) is 0. The van der Waals surface area contributed by atoms with Gasteiger partial charge in [-0.25, -0.2) is 4.79 Å². The van der Waals surface area contributed by atoms with Crippen LogP contribution in [0.3, 0.4) is 0 Å². The van der Waals surface area contributed by atoms with E-state index in [2.05, 4.69) is 0 Å². The van der Waals surface area contributed by atoms with Crippen LogP contribution in [0.1, 0.15) is 59.4 Å². The lowest BCUT2D eigenvalue weighted by Gasteiger charge is -2.35. The van der Waals surface area contributed by atoms with Crippen molar-refractivity contribution in [3.05, 3.63) is 23.7 Å². The van der Waals surface area contributed by atoms with Gasteiger partial charge < -0.3 is 19.3 Å². The lowest BCUT2D eigenvalue weighted by atomic mass is 9.86. The maximum atomic E-state index is 12.4. The van der Waals surface area contributed by atoms with Crippen molar-refractivity contribution in [2.45, 2.75) is 38.5 Å². The number of carbonyl (C=O) groups is 3. The lowest BCUT2D eigenvalue weighted by molar-refractivity contribution is -0.133.